The maximum atomic E-state index is 5.46. The molecule has 0 unspecified atom stereocenters. The van der Waals surface area contributed by atoms with Gasteiger partial charge in [0, 0.05) is 16.7 Å². The third-order valence-electron chi connectivity index (χ3n) is 4.70. The Labute approximate surface area is 175 Å². The first-order valence-electron chi connectivity index (χ1n) is 9.00. The molecule has 0 aliphatic carbocycles. The monoisotopic (exact) mass is 423 g/mol. The van der Waals surface area contributed by atoms with E-state index in [2.05, 4.69) is 46.9 Å². The van der Waals surface area contributed by atoms with Gasteiger partial charge in [-0.15, -0.1) is 16.4 Å². The number of benzene rings is 2. The summed E-state index contributed by atoms with van der Waals surface area (Å²) in [5, 5.41) is 15.9. The van der Waals surface area contributed by atoms with Gasteiger partial charge in [0.25, 0.3) is 0 Å². The molecule has 0 amide bonds. The van der Waals surface area contributed by atoms with Crippen molar-refractivity contribution in [3.8, 4) is 27.8 Å². The summed E-state index contributed by atoms with van der Waals surface area (Å²) in [5.41, 5.74) is 5.43. The van der Waals surface area contributed by atoms with Gasteiger partial charge in [0.1, 0.15) is 5.01 Å². The van der Waals surface area contributed by atoms with E-state index >= 15 is 0 Å². The Hall–Kier alpha value is -2.91. The average molecular weight is 424 g/mol. The summed E-state index contributed by atoms with van der Waals surface area (Å²) in [7, 11) is 0. The van der Waals surface area contributed by atoms with Crippen LogP contribution in [0.4, 0.5) is 0 Å². The standard InChI is InChI=1S/C20H17N5O2S2/c1-12-3-5-16(7-13(12)2)25-20(22-23-24-25)29-10-15-9-28-19(21-15)14-4-6-17-18(8-14)27-11-26-17/h3-9H,10-11H2,1-2H3. The number of rotatable bonds is 5. The lowest BCUT2D eigenvalue weighted by molar-refractivity contribution is 0.174. The van der Waals surface area contributed by atoms with Crippen LogP contribution in [0.1, 0.15) is 16.8 Å². The van der Waals surface area contributed by atoms with Crippen LogP contribution in [0.3, 0.4) is 0 Å². The molecule has 4 aromatic rings. The van der Waals surface area contributed by atoms with Gasteiger partial charge in [0.15, 0.2) is 11.5 Å². The van der Waals surface area contributed by atoms with Crippen molar-refractivity contribution in [1.29, 1.82) is 0 Å². The molecule has 5 rings (SSSR count). The van der Waals surface area contributed by atoms with E-state index in [0.717, 1.165) is 38.6 Å². The maximum absolute atomic E-state index is 5.46. The predicted octanol–water partition coefficient (Wildman–Crippen LogP) is 4.42. The SMILES string of the molecule is Cc1ccc(-n2nnnc2SCc2csc(-c3ccc4c(c3)OCO4)n2)cc1C. The molecule has 0 saturated carbocycles. The lowest BCUT2D eigenvalue weighted by atomic mass is 10.1. The van der Waals surface area contributed by atoms with Crippen LogP contribution in [0.25, 0.3) is 16.3 Å². The molecule has 0 saturated heterocycles. The van der Waals surface area contributed by atoms with Crippen molar-refractivity contribution in [1.82, 2.24) is 25.2 Å². The van der Waals surface area contributed by atoms with Crippen molar-refractivity contribution < 1.29 is 9.47 Å². The minimum atomic E-state index is 0.272. The van der Waals surface area contributed by atoms with Crippen molar-refractivity contribution in [3.05, 3.63) is 58.6 Å². The Morgan fingerprint density at radius 2 is 1.97 bits per heavy atom. The summed E-state index contributed by atoms with van der Waals surface area (Å²) < 4.78 is 12.6. The smallest absolute Gasteiger partial charge is 0.231 e. The van der Waals surface area contributed by atoms with Gasteiger partial charge in [-0.05, 0) is 65.7 Å². The number of fused-ring (bicyclic) bond motifs is 1. The molecule has 1 aliphatic heterocycles. The van der Waals surface area contributed by atoms with Gasteiger partial charge >= 0.3 is 0 Å². The Kier molecular flexibility index (Phi) is 4.69. The van der Waals surface area contributed by atoms with Crippen molar-refractivity contribution >= 4 is 23.1 Å². The number of ether oxygens (including phenoxy) is 2. The van der Waals surface area contributed by atoms with Crippen molar-refractivity contribution in [2.75, 3.05) is 6.79 Å². The first kappa shape index (κ1) is 18.1. The minimum absolute atomic E-state index is 0.272. The van der Waals surface area contributed by atoms with Gasteiger partial charge in [-0.3, -0.25) is 0 Å². The average Bonchev–Trinajstić information content (AvgIpc) is 3.48. The molecule has 0 spiro atoms. The van der Waals surface area contributed by atoms with Crippen LogP contribution in [0.15, 0.2) is 46.9 Å². The fourth-order valence-corrected chi connectivity index (χ4v) is 4.67. The number of aryl methyl sites for hydroxylation is 2. The summed E-state index contributed by atoms with van der Waals surface area (Å²) in [5.74, 6) is 2.23. The van der Waals surface area contributed by atoms with Gasteiger partial charge in [-0.2, -0.15) is 4.68 Å². The van der Waals surface area contributed by atoms with Gasteiger partial charge in [0.2, 0.25) is 11.9 Å². The highest BCUT2D eigenvalue weighted by Crippen LogP contribution is 2.37. The first-order chi connectivity index (χ1) is 14.2. The molecule has 146 valence electrons. The number of hydrogen-bond donors (Lipinski definition) is 0. The number of nitrogens with zero attached hydrogens (tertiary/aromatic N) is 5. The largest absolute Gasteiger partial charge is 0.454 e. The zero-order chi connectivity index (χ0) is 19.8. The molecule has 9 heteroatoms. The molecule has 0 bridgehead atoms. The molecule has 7 nitrogen and oxygen atoms in total. The van der Waals surface area contributed by atoms with Crippen LogP contribution in [0.2, 0.25) is 0 Å². The normalized spacial score (nSPS) is 12.5. The lowest BCUT2D eigenvalue weighted by Crippen LogP contribution is -2.00. The third-order valence-corrected chi connectivity index (χ3v) is 6.59. The fraction of sp³-hybridized carbons (Fsp3) is 0.200. The number of aromatic nitrogens is 5. The number of thiazole rings is 1. The highest BCUT2D eigenvalue weighted by Gasteiger charge is 2.16. The highest BCUT2D eigenvalue weighted by molar-refractivity contribution is 7.98. The zero-order valence-electron chi connectivity index (χ0n) is 15.8. The topological polar surface area (TPSA) is 75.0 Å². The Morgan fingerprint density at radius 3 is 2.86 bits per heavy atom. The van der Waals surface area contributed by atoms with Crippen LogP contribution in [-0.2, 0) is 5.75 Å². The van der Waals surface area contributed by atoms with Gasteiger partial charge in [-0.25, -0.2) is 4.98 Å². The molecule has 0 radical (unpaired) electrons. The lowest BCUT2D eigenvalue weighted by Gasteiger charge is -2.06. The van der Waals surface area contributed by atoms with Crippen molar-refractivity contribution in [2.24, 2.45) is 0 Å². The molecular weight excluding hydrogens is 406 g/mol. The third kappa shape index (κ3) is 3.58. The van der Waals surface area contributed by atoms with E-state index in [1.165, 1.54) is 11.1 Å². The maximum Gasteiger partial charge on any atom is 0.231 e. The summed E-state index contributed by atoms with van der Waals surface area (Å²) in [6, 6.07) is 12.1. The Morgan fingerprint density at radius 1 is 1.07 bits per heavy atom. The second kappa shape index (κ2) is 7.49. The van der Waals surface area contributed by atoms with Crippen LogP contribution in [-0.4, -0.2) is 32.0 Å². The van der Waals surface area contributed by atoms with E-state index in [-0.39, 0.29) is 6.79 Å². The molecular formula is C20H17N5O2S2. The van der Waals surface area contributed by atoms with Crippen LogP contribution >= 0.6 is 23.1 Å². The first-order valence-corrected chi connectivity index (χ1v) is 10.9. The molecule has 2 aromatic heterocycles. The summed E-state index contributed by atoms with van der Waals surface area (Å²) >= 11 is 3.18. The molecule has 1 aliphatic rings. The van der Waals surface area contributed by atoms with E-state index in [0.29, 0.717) is 5.75 Å². The van der Waals surface area contributed by atoms with Crippen molar-refractivity contribution in [2.45, 2.75) is 24.8 Å². The van der Waals surface area contributed by atoms with E-state index in [1.54, 1.807) is 27.8 Å². The fourth-order valence-electron chi connectivity index (χ4n) is 2.96. The molecule has 3 heterocycles. The quantitative estimate of drug-likeness (QED) is 0.440. The van der Waals surface area contributed by atoms with Gasteiger partial charge < -0.3 is 9.47 Å². The molecule has 0 fully saturated rings. The van der Waals surface area contributed by atoms with Gasteiger partial charge in [0.05, 0.1) is 11.4 Å². The minimum Gasteiger partial charge on any atom is -0.454 e. The Bertz CT molecular complexity index is 1190. The summed E-state index contributed by atoms with van der Waals surface area (Å²) in [4.78, 5) is 4.76. The molecule has 29 heavy (non-hydrogen) atoms. The summed E-state index contributed by atoms with van der Waals surface area (Å²) in [6.07, 6.45) is 0. The van der Waals surface area contributed by atoms with Crippen LogP contribution in [0.5, 0.6) is 11.5 Å². The van der Waals surface area contributed by atoms with E-state index in [1.807, 2.05) is 24.3 Å². The Balaban J connectivity index is 1.32. The van der Waals surface area contributed by atoms with E-state index < -0.39 is 0 Å². The van der Waals surface area contributed by atoms with Crippen LogP contribution in [0, 0.1) is 13.8 Å². The second-order valence-corrected chi connectivity index (χ2v) is 8.44. The van der Waals surface area contributed by atoms with Crippen LogP contribution < -0.4 is 9.47 Å². The zero-order valence-corrected chi connectivity index (χ0v) is 17.5. The van der Waals surface area contributed by atoms with Crippen molar-refractivity contribution in [3.63, 3.8) is 0 Å². The second-order valence-electron chi connectivity index (χ2n) is 6.64. The van der Waals surface area contributed by atoms with Gasteiger partial charge in [-0.1, -0.05) is 17.8 Å². The molecule has 0 atom stereocenters. The summed E-state index contributed by atoms with van der Waals surface area (Å²) in [6.45, 7) is 4.45. The number of tetrazole rings is 1. The highest BCUT2D eigenvalue weighted by atomic mass is 32.2. The number of thioether (sulfide) groups is 1. The molecule has 0 N–H and O–H groups in total. The van der Waals surface area contributed by atoms with E-state index in [9.17, 15) is 0 Å². The van der Waals surface area contributed by atoms with E-state index in [4.69, 9.17) is 14.5 Å². The molecule has 2 aromatic carbocycles. The predicted molar refractivity (Wildman–Crippen MR) is 112 cm³/mol. The number of hydrogen-bond acceptors (Lipinski definition) is 8.